The van der Waals surface area contributed by atoms with Gasteiger partial charge in [-0.25, -0.2) is 0 Å². The van der Waals surface area contributed by atoms with E-state index in [1.54, 1.807) is 25.3 Å². The minimum atomic E-state index is -0.637. The molecule has 2 aromatic rings. The van der Waals surface area contributed by atoms with Crippen molar-refractivity contribution in [1.82, 2.24) is 0 Å². The normalized spacial score (nSPS) is 11.1. The van der Waals surface area contributed by atoms with Gasteiger partial charge in [0.2, 0.25) is 5.91 Å². The van der Waals surface area contributed by atoms with E-state index in [9.17, 15) is 4.79 Å². The maximum atomic E-state index is 12.6. The molecule has 4 heteroatoms. The number of rotatable bonds is 4. The molecule has 1 amide bonds. The van der Waals surface area contributed by atoms with Gasteiger partial charge in [-0.2, -0.15) is 0 Å². The van der Waals surface area contributed by atoms with Crippen LogP contribution in [0.4, 0.5) is 11.4 Å². The number of benzene rings is 2. The van der Waals surface area contributed by atoms with Gasteiger partial charge in [-0.05, 0) is 44.5 Å². The molecular formula is C18H22N2O2. The van der Waals surface area contributed by atoms with E-state index in [2.05, 4.69) is 5.32 Å². The van der Waals surface area contributed by atoms with E-state index in [-0.39, 0.29) is 5.91 Å². The van der Waals surface area contributed by atoms with Crippen LogP contribution in [0.3, 0.4) is 0 Å². The van der Waals surface area contributed by atoms with Crippen LogP contribution in [0.25, 0.3) is 0 Å². The molecule has 0 radical (unpaired) electrons. The zero-order chi connectivity index (χ0) is 16.3. The monoisotopic (exact) mass is 298 g/mol. The second-order valence-electron chi connectivity index (χ2n) is 5.90. The average Bonchev–Trinajstić information content (AvgIpc) is 2.48. The third kappa shape index (κ3) is 3.22. The van der Waals surface area contributed by atoms with E-state index in [1.165, 1.54) is 5.56 Å². The van der Waals surface area contributed by atoms with Gasteiger partial charge in [0, 0.05) is 5.69 Å². The fraction of sp³-hybridized carbons (Fsp3) is 0.278. The van der Waals surface area contributed by atoms with Crippen molar-refractivity contribution in [2.24, 2.45) is 0 Å². The van der Waals surface area contributed by atoms with Crippen molar-refractivity contribution in [3.63, 3.8) is 0 Å². The first-order valence-electron chi connectivity index (χ1n) is 7.16. The van der Waals surface area contributed by atoms with Crippen LogP contribution in [-0.4, -0.2) is 13.0 Å². The van der Waals surface area contributed by atoms with Gasteiger partial charge in [0.15, 0.2) is 0 Å². The fourth-order valence-corrected chi connectivity index (χ4v) is 2.20. The molecule has 0 fully saturated rings. The Morgan fingerprint density at radius 3 is 2.32 bits per heavy atom. The second kappa shape index (κ2) is 6.10. The standard InChI is InChI=1S/C18H22N2O2/c1-12-5-7-13(8-6-12)18(2,3)17(21)20-14-9-10-16(22-4)15(19)11-14/h5-11H,19H2,1-4H3,(H,20,21). The molecule has 2 aromatic carbocycles. The van der Waals surface area contributed by atoms with E-state index >= 15 is 0 Å². The van der Waals surface area contributed by atoms with Crippen LogP contribution in [0, 0.1) is 6.92 Å². The van der Waals surface area contributed by atoms with Crippen LogP contribution >= 0.6 is 0 Å². The lowest BCUT2D eigenvalue weighted by Gasteiger charge is -2.24. The lowest BCUT2D eigenvalue weighted by molar-refractivity contribution is -0.120. The van der Waals surface area contributed by atoms with Crippen LogP contribution in [0.2, 0.25) is 0 Å². The first kappa shape index (κ1) is 15.9. The van der Waals surface area contributed by atoms with Crippen molar-refractivity contribution >= 4 is 17.3 Å². The Kier molecular flexibility index (Phi) is 4.40. The highest BCUT2D eigenvalue weighted by atomic mass is 16.5. The van der Waals surface area contributed by atoms with Gasteiger partial charge in [-0.15, -0.1) is 0 Å². The van der Waals surface area contributed by atoms with E-state index in [4.69, 9.17) is 10.5 Å². The molecular weight excluding hydrogens is 276 g/mol. The third-order valence-corrected chi connectivity index (χ3v) is 3.83. The lowest BCUT2D eigenvalue weighted by atomic mass is 9.83. The Bertz CT molecular complexity index is 676. The predicted molar refractivity (Wildman–Crippen MR) is 90.2 cm³/mol. The number of carbonyl (C=O) groups excluding carboxylic acids is 1. The van der Waals surface area contributed by atoms with Crippen molar-refractivity contribution in [3.8, 4) is 5.75 Å². The molecule has 0 atom stereocenters. The first-order chi connectivity index (χ1) is 10.3. The number of nitrogens with one attached hydrogen (secondary N) is 1. The Hall–Kier alpha value is -2.49. The topological polar surface area (TPSA) is 64.3 Å². The number of amides is 1. The number of methoxy groups -OCH3 is 1. The number of ether oxygens (including phenoxy) is 1. The molecule has 0 aliphatic heterocycles. The molecule has 0 spiro atoms. The molecule has 0 saturated carbocycles. The van der Waals surface area contributed by atoms with Gasteiger partial charge < -0.3 is 15.8 Å². The maximum absolute atomic E-state index is 12.6. The second-order valence-corrected chi connectivity index (χ2v) is 5.90. The van der Waals surface area contributed by atoms with Gasteiger partial charge in [0.1, 0.15) is 5.75 Å². The number of nitrogen functional groups attached to an aromatic ring is 1. The smallest absolute Gasteiger partial charge is 0.234 e. The zero-order valence-corrected chi connectivity index (χ0v) is 13.4. The van der Waals surface area contributed by atoms with Crippen LogP contribution in [-0.2, 0) is 10.2 Å². The summed E-state index contributed by atoms with van der Waals surface area (Å²) in [5.74, 6) is 0.511. The van der Waals surface area contributed by atoms with Crippen molar-refractivity contribution < 1.29 is 9.53 Å². The summed E-state index contributed by atoms with van der Waals surface area (Å²) in [6, 6.07) is 13.2. The summed E-state index contributed by atoms with van der Waals surface area (Å²) in [6.45, 7) is 5.83. The predicted octanol–water partition coefficient (Wildman–Crippen LogP) is 3.50. The molecule has 4 nitrogen and oxygen atoms in total. The molecule has 0 bridgehead atoms. The Morgan fingerprint density at radius 1 is 1.14 bits per heavy atom. The first-order valence-corrected chi connectivity index (χ1v) is 7.16. The number of nitrogens with two attached hydrogens (primary N) is 1. The van der Waals surface area contributed by atoms with Crippen LogP contribution in [0.5, 0.6) is 5.75 Å². The molecule has 22 heavy (non-hydrogen) atoms. The highest BCUT2D eigenvalue weighted by Gasteiger charge is 2.29. The summed E-state index contributed by atoms with van der Waals surface area (Å²) < 4.78 is 5.12. The van der Waals surface area contributed by atoms with Crippen LogP contribution < -0.4 is 15.8 Å². The Labute approximate surface area is 131 Å². The molecule has 0 aliphatic carbocycles. The zero-order valence-electron chi connectivity index (χ0n) is 13.4. The van der Waals surface area contributed by atoms with Crippen molar-refractivity contribution in [1.29, 1.82) is 0 Å². The van der Waals surface area contributed by atoms with E-state index in [0.29, 0.717) is 17.1 Å². The molecule has 116 valence electrons. The maximum Gasteiger partial charge on any atom is 0.234 e. The Morgan fingerprint density at radius 2 is 1.77 bits per heavy atom. The molecule has 0 heterocycles. The van der Waals surface area contributed by atoms with Crippen LogP contribution in [0.1, 0.15) is 25.0 Å². The van der Waals surface area contributed by atoms with Crippen LogP contribution in [0.15, 0.2) is 42.5 Å². The summed E-state index contributed by atoms with van der Waals surface area (Å²) in [4.78, 5) is 12.6. The highest BCUT2D eigenvalue weighted by molar-refractivity contribution is 5.99. The summed E-state index contributed by atoms with van der Waals surface area (Å²) >= 11 is 0. The summed E-state index contributed by atoms with van der Waals surface area (Å²) in [7, 11) is 1.56. The molecule has 0 unspecified atom stereocenters. The van der Waals surface area contributed by atoms with Gasteiger partial charge in [0.05, 0.1) is 18.2 Å². The largest absolute Gasteiger partial charge is 0.495 e. The number of anilines is 2. The number of carbonyl (C=O) groups is 1. The molecule has 2 rings (SSSR count). The lowest BCUT2D eigenvalue weighted by Crippen LogP contribution is -2.34. The van der Waals surface area contributed by atoms with Crippen molar-refractivity contribution in [2.75, 3.05) is 18.2 Å². The fourth-order valence-electron chi connectivity index (χ4n) is 2.20. The number of hydrogen-bond donors (Lipinski definition) is 2. The summed E-state index contributed by atoms with van der Waals surface area (Å²) in [6.07, 6.45) is 0. The summed E-state index contributed by atoms with van der Waals surface area (Å²) in [5, 5.41) is 2.91. The Balaban J connectivity index is 2.20. The quantitative estimate of drug-likeness (QED) is 0.849. The van der Waals surface area contributed by atoms with E-state index < -0.39 is 5.41 Å². The minimum Gasteiger partial charge on any atom is -0.495 e. The highest BCUT2D eigenvalue weighted by Crippen LogP contribution is 2.28. The SMILES string of the molecule is COc1ccc(NC(=O)C(C)(C)c2ccc(C)cc2)cc1N. The van der Waals surface area contributed by atoms with Gasteiger partial charge in [-0.1, -0.05) is 29.8 Å². The van der Waals surface area contributed by atoms with Crippen molar-refractivity contribution in [3.05, 3.63) is 53.6 Å². The van der Waals surface area contributed by atoms with Crippen molar-refractivity contribution in [2.45, 2.75) is 26.2 Å². The average molecular weight is 298 g/mol. The molecule has 3 N–H and O–H groups in total. The minimum absolute atomic E-state index is 0.0825. The van der Waals surface area contributed by atoms with Gasteiger partial charge >= 0.3 is 0 Å². The number of hydrogen-bond acceptors (Lipinski definition) is 3. The molecule has 0 aliphatic rings. The molecule has 0 saturated heterocycles. The molecule has 0 aromatic heterocycles. The van der Waals surface area contributed by atoms with E-state index in [0.717, 1.165) is 5.56 Å². The third-order valence-electron chi connectivity index (χ3n) is 3.83. The van der Waals surface area contributed by atoms with Gasteiger partial charge in [0.25, 0.3) is 0 Å². The van der Waals surface area contributed by atoms with Gasteiger partial charge in [-0.3, -0.25) is 4.79 Å². The summed E-state index contributed by atoms with van der Waals surface area (Å²) in [5.41, 5.74) is 8.52. The van der Waals surface area contributed by atoms with E-state index in [1.807, 2.05) is 45.0 Å². The number of aryl methyl sites for hydroxylation is 1.